The van der Waals surface area contributed by atoms with E-state index in [1.165, 1.54) is 5.56 Å². The Labute approximate surface area is 160 Å². The summed E-state index contributed by atoms with van der Waals surface area (Å²) in [6.07, 6.45) is 7.75. The number of halogens is 1. The van der Waals surface area contributed by atoms with Gasteiger partial charge in [0.15, 0.2) is 0 Å². The fourth-order valence-corrected chi connectivity index (χ4v) is 2.99. The molecule has 0 unspecified atom stereocenters. The molecule has 3 aromatic rings. The zero-order valence-electron chi connectivity index (χ0n) is 15.6. The van der Waals surface area contributed by atoms with E-state index in [1.54, 1.807) is 6.20 Å². The van der Waals surface area contributed by atoms with Gasteiger partial charge in [0.2, 0.25) is 5.28 Å². The molecule has 136 valence electrons. The van der Waals surface area contributed by atoms with E-state index in [2.05, 4.69) is 66.2 Å². The highest BCUT2D eigenvalue weighted by atomic mass is 35.5. The molecule has 0 bridgehead atoms. The Bertz CT molecular complexity index is 852. The molecule has 0 aliphatic rings. The van der Waals surface area contributed by atoms with Crippen molar-refractivity contribution in [2.45, 2.75) is 46.5 Å². The predicted octanol–water partition coefficient (Wildman–Crippen LogP) is 5.28. The van der Waals surface area contributed by atoms with Crippen LogP contribution in [-0.4, -0.2) is 19.9 Å². The molecule has 0 amide bonds. The number of aromatic amines is 1. The molecule has 2 heterocycles. The lowest BCUT2D eigenvalue weighted by Crippen LogP contribution is -2.13. The monoisotopic (exact) mass is 368 g/mol. The molecular weight excluding hydrogens is 344 g/mol. The van der Waals surface area contributed by atoms with E-state index in [0.29, 0.717) is 5.41 Å². The van der Waals surface area contributed by atoms with Crippen LogP contribution in [0.5, 0.6) is 0 Å². The van der Waals surface area contributed by atoms with Crippen molar-refractivity contribution in [3.05, 3.63) is 65.1 Å². The summed E-state index contributed by atoms with van der Waals surface area (Å²) in [4.78, 5) is 16.2. The molecule has 3 rings (SSSR count). The molecule has 0 fully saturated rings. The molecule has 1 aromatic carbocycles. The first-order valence-corrected chi connectivity index (χ1v) is 9.44. The van der Waals surface area contributed by atoms with Crippen molar-refractivity contribution in [3.8, 4) is 11.3 Å². The average Bonchev–Trinajstić information content (AvgIpc) is 3.07. The van der Waals surface area contributed by atoms with E-state index in [9.17, 15) is 0 Å². The van der Waals surface area contributed by atoms with Gasteiger partial charge in [-0.25, -0.2) is 15.0 Å². The maximum atomic E-state index is 5.86. The maximum absolute atomic E-state index is 5.86. The van der Waals surface area contributed by atoms with Crippen molar-refractivity contribution in [1.82, 2.24) is 19.9 Å². The number of hydrogen-bond acceptors (Lipinski definition) is 3. The number of H-pyrrole nitrogens is 1. The highest BCUT2D eigenvalue weighted by Crippen LogP contribution is 2.24. The fourth-order valence-electron chi connectivity index (χ4n) is 2.84. The smallest absolute Gasteiger partial charge is 0.222 e. The third kappa shape index (κ3) is 4.92. The molecule has 0 saturated heterocycles. The van der Waals surface area contributed by atoms with Crippen LogP contribution < -0.4 is 0 Å². The Morgan fingerprint density at radius 2 is 1.81 bits per heavy atom. The highest BCUT2D eigenvalue weighted by molar-refractivity contribution is 6.28. The Hall–Kier alpha value is -2.20. The van der Waals surface area contributed by atoms with E-state index in [-0.39, 0.29) is 5.28 Å². The lowest BCUT2D eigenvalue weighted by molar-refractivity contribution is 0.346. The molecule has 0 saturated carbocycles. The van der Waals surface area contributed by atoms with Crippen LogP contribution in [0.2, 0.25) is 5.28 Å². The first kappa shape index (κ1) is 18.6. The molecule has 0 spiro atoms. The summed E-state index contributed by atoms with van der Waals surface area (Å²) in [6.45, 7) is 6.80. The molecule has 1 N–H and O–H groups in total. The summed E-state index contributed by atoms with van der Waals surface area (Å²) in [7, 11) is 0. The van der Waals surface area contributed by atoms with E-state index in [4.69, 9.17) is 16.6 Å². The minimum Gasteiger partial charge on any atom is -0.348 e. The maximum Gasteiger partial charge on any atom is 0.222 e. The highest BCUT2D eigenvalue weighted by Gasteiger charge is 2.17. The lowest BCUT2D eigenvalue weighted by Gasteiger charge is -2.20. The minimum atomic E-state index is 0.270. The van der Waals surface area contributed by atoms with Gasteiger partial charge in [0.1, 0.15) is 5.82 Å². The molecule has 0 atom stereocenters. The van der Waals surface area contributed by atoms with Gasteiger partial charge in [-0.1, -0.05) is 51.5 Å². The van der Waals surface area contributed by atoms with Gasteiger partial charge in [-0.3, -0.25) is 0 Å². The fraction of sp³-hybridized carbons (Fsp3) is 0.381. The number of nitrogens with zero attached hydrogens (tertiary/aromatic N) is 3. The second-order valence-electron chi connectivity index (χ2n) is 7.44. The van der Waals surface area contributed by atoms with Crippen molar-refractivity contribution in [3.63, 3.8) is 0 Å². The van der Waals surface area contributed by atoms with Gasteiger partial charge < -0.3 is 4.98 Å². The van der Waals surface area contributed by atoms with Crippen LogP contribution in [0.3, 0.4) is 0 Å². The van der Waals surface area contributed by atoms with Gasteiger partial charge in [-0.05, 0) is 41.5 Å². The number of imidazole rings is 1. The molecule has 0 radical (unpaired) electrons. The third-order valence-electron chi connectivity index (χ3n) is 4.83. The summed E-state index contributed by atoms with van der Waals surface area (Å²) in [6, 6.07) is 10.3. The largest absolute Gasteiger partial charge is 0.348 e. The van der Waals surface area contributed by atoms with Crippen molar-refractivity contribution >= 4 is 11.6 Å². The van der Waals surface area contributed by atoms with E-state index < -0.39 is 0 Å². The van der Waals surface area contributed by atoms with Crippen molar-refractivity contribution < 1.29 is 0 Å². The van der Waals surface area contributed by atoms with E-state index >= 15 is 0 Å². The normalized spacial score (nSPS) is 11.7. The van der Waals surface area contributed by atoms with Crippen LogP contribution in [0, 0.1) is 5.41 Å². The summed E-state index contributed by atoms with van der Waals surface area (Å²) >= 11 is 5.86. The number of aromatic nitrogens is 4. The molecule has 26 heavy (non-hydrogen) atoms. The van der Waals surface area contributed by atoms with Gasteiger partial charge in [-0.15, -0.1) is 0 Å². The zero-order chi connectivity index (χ0) is 18.6. The third-order valence-corrected chi connectivity index (χ3v) is 5.01. The molecule has 5 heteroatoms. The standard InChI is InChI=1S/C21H25ClN4/c1-4-21(2,3)13-17-14-24-19(25-17)10-7-15-5-8-16(9-6-15)18-11-12-23-20(22)26-18/h5-6,8-9,11-12,14H,4,7,10,13H2,1-3H3,(H,24,25). The second-order valence-corrected chi connectivity index (χ2v) is 7.78. The SMILES string of the molecule is CCC(C)(C)Cc1c[nH]c(CCc2ccc(-c3ccnc(Cl)n3)cc2)n1. The van der Waals surface area contributed by atoms with Crippen LogP contribution in [0.1, 0.15) is 44.3 Å². The quantitative estimate of drug-likeness (QED) is 0.577. The summed E-state index contributed by atoms with van der Waals surface area (Å²) in [5.74, 6) is 1.05. The first-order chi connectivity index (χ1) is 12.4. The Balaban J connectivity index is 1.59. The predicted molar refractivity (Wildman–Crippen MR) is 106 cm³/mol. The van der Waals surface area contributed by atoms with Crippen molar-refractivity contribution in [2.75, 3.05) is 0 Å². The number of hydrogen-bond donors (Lipinski definition) is 1. The topological polar surface area (TPSA) is 54.5 Å². The second kappa shape index (κ2) is 8.00. The van der Waals surface area contributed by atoms with Gasteiger partial charge in [0.05, 0.1) is 11.4 Å². The van der Waals surface area contributed by atoms with Gasteiger partial charge in [-0.2, -0.15) is 0 Å². The molecule has 4 nitrogen and oxygen atoms in total. The Morgan fingerprint density at radius 1 is 1.04 bits per heavy atom. The molecule has 2 aromatic heterocycles. The van der Waals surface area contributed by atoms with E-state index in [1.807, 2.05) is 6.07 Å². The number of rotatable bonds is 7. The number of nitrogens with one attached hydrogen (secondary N) is 1. The Morgan fingerprint density at radius 3 is 2.50 bits per heavy atom. The van der Waals surface area contributed by atoms with Crippen molar-refractivity contribution in [1.29, 1.82) is 0 Å². The summed E-state index contributed by atoms with van der Waals surface area (Å²) in [5, 5.41) is 0.270. The lowest BCUT2D eigenvalue weighted by atomic mass is 9.85. The van der Waals surface area contributed by atoms with Crippen LogP contribution >= 0.6 is 11.6 Å². The molecule has 0 aliphatic carbocycles. The van der Waals surface area contributed by atoms with Gasteiger partial charge in [0.25, 0.3) is 0 Å². The average molecular weight is 369 g/mol. The van der Waals surface area contributed by atoms with Gasteiger partial charge >= 0.3 is 0 Å². The molecular formula is C21H25ClN4. The van der Waals surface area contributed by atoms with Crippen LogP contribution in [0.25, 0.3) is 11.3 Å². The molecule has 0 aliphatic heterocycles. The number of aryl methyl sites for hydroxylation is 2. The first-order valence-electron chi connectivity index (χ1n) is 9.06. The Kier molecular flexibility index (Phi) is 5.72. The van der Waals surface area contributed by atoms with Crippen LogP contribution in [0.15, 0.2) is 42.7 Å². The van der Waals surface area contributed by atoms with Crippen LogP contribution in [-0.2, 0) is 19.3 Å². The minimum absolute atomic E-state index is 0.270. The summed E-state index contributed by atoms with van der Waals surface area (Å²) < 4.78 is 0. The summed E-state index contributed by atoms with van der Waals surface area (Å²) in [5.41, 5.74) is 4.61. The number of benzene rings is 1. The van der Waals surface area contributed by atoms with Gasteiger partial charge in [0, 0.05) is 24.4 Å². The van der Waals surface area contributed by atoms with Crippen molar-refractivity contribution in [2.24, 2.45) is 5.41 Å². The van der Waals surface area contributed by atoms with Crippen LogP contribution in [0.4, 0.5) is 0 Å². The zero-order valence-corrected chi connectivity index (χ0v) is 16.3. The van der Waals surface area contributed by atoms with E-state index in [0.717, 1.165) is 48.5 Å².